The van der Waals surface area contributed by atoms with Crippen molar-refractivity contribution in [3.63, 3.8) is 0 Å². The fraction of sp³-hybridized carbons (Fsp3) is 0.333. The first-order valence-corrected chi connectivity index (χ1v) is 7.85. The van der Waals surface area contributed by atoms with Crippen molar-refractivity contribution in [1.29, 1.82) is 0 Å². The van der Waals surface area contributed by atoms with Gasteiger partial charge in [0, 0.05) is 6.20 Å². The van der Waals surface area contributed by atoms with E-state index < -0.39 is 0 Å². The zero-order valence-corrected chi connectivity index (χ0v) is 12.6. The van der Waals surface area contributed by atoms with Crippen LogP contribution in [-0.4, -0.2) is 11.0 Å². The topological polar surface area (TPSA) is 54.0 Å². The third kappa shape index (κ3) is 3.64. The molecule has 1 aromatic carbocycles. The van der Waals surface area contributed by atoms with Crippen molar-refractivity contribution in [3.05, 3.63) is 65.5 Å². The maximum Gasteiger partial charge on any atom is 0.315 e. The monoisotopic (exact) mass is 295 g/mol. The van der Waals surface area contributed by atoms with Crippen LogP contribution in [0.1, 0.15) is 42.1 Å². The second-order valence-corrected chi connectivity index (χ2v) is 5.65. The number of nitrogens with one attached hydrogen (secondary N) is 2. The van der Waals surface area contributed by atoms with E-state index in [-0.39, 0.29) is 12.1 Å². The first-order valence-electron chi connectivity index (χ1n) is 7.85. The van der Waals surface area contributed by atoms with Crippen LogP contribution in [0.5, 0.6) is 0 Å². The average Bonchev–Trinajstić information content (AvgIpc) is 2.77. The van der Waals surface area contributed by atoms with E-state index >= 15 is 0 Å². The van der Waals surface area contributed by atoms with E-state index in [1.54, 1.807) is 6.20 Å². The molecule has 1 aliphatic rings. The molecule has 2 aromatic rings. The summed E-state index contributed by atoms with van der Waals surface area (Å²) in [5.41, 5.74) is 3.47. The minimum Gasteiger partial charge on any atom is -0.332 e. The van der Waals surface area contributed by atoms with Gasteiger partial charge in [0.1, 0.15) is 0 Å². The van der Waals surface area contributed by atoms with E-state index in [1.807, 2.05) is 24.3 Å². The lowest BCUT2D eigenvalue weighted by molar-refractivity contribution is 0.235. The molecule has 0 bridgehead atoms. The molecule has 4 nitrogen and oxygen atoms in total. The van der Waals surface area contributed by atoms with Gasteiger partial charge in [0.25, 0.3) is 0 Å². The molecule has 1 aliphatic carbocycles. The fourth-order valence-corrected chi connectivity index (χ4v) is 2.95. The minimum atomic E-state index is -0.132. The van der Waals surface area contributed by atoms with Crippen molar-refractivity contribution in [3.8, 4) is 0 Å². The van der Waals surface area contributed by atoms with Crippen LogP contribution in [0.4, 0.5) is 4.79 Å². The molecular formula is C18H21N3O. The Morgan fingerprint density at radius 1 is 1.14 bits per heavy atom. The zero-order valence-electron chi connectivity index (χ0n) is 12.6. The predicted octanol–water partition coefficient (Wildman–Crippen LogP) is 3.35. The number of hydrogen-bond acceptors (Lipinski definition) is 2. The molecule has 3 rings (SSSR count). The van der Waals surface area contributed by atoms with Gasteiger partial charge in [-0.3, -0.25) is 4.98 Å². The van der Waals surface area contributed by atoms with Gasteiger partial charge in [0.05, 0.1) is 18.3 Å². The number of benzene rings is 1. The van der Waals surface area contributed by atoms with Gasteiger partial charge in [-0.15, -0.1) is 0 Å². The lowest BCUT2D eigenvalue weighted by atomic mass is 9.99. The smallest absolute Gasteiger partial charge is 0.315 e. The van der Waals surface area contributed by atoms with Crippen LogP contribution in [0.3, 0.4) is 0 Å². The van der Waals surface area contributed by atoms with Crippen LogP contribution in [-0.2, 0) is 13.0 Å². The highest BCUT2D eigenvalue weighted by molar-refractivity contribution is 5.74. The highest BCUT2D eigenvalue weighted by Gasteiger charge is 2.19. The summed E-state index contributed by atoms with van der Waals surface area (Å²) >= 11 is 0. The Morgan fingerprint density at radius 3 is 2.86 bits per heavy atom. The zero-order chi connectivity index (χ0) is 15.2. The van der Waals surface area contributed by atoms with E-state index in [9.17, 15) is 4.79 Å². The van der Waals surface area contributed by atoms with Gasteiger partial charge in [-0.1, -0.05) is 36.8 Å². The molecule has 0 fully saturated rings. The Hall–Kier alpha value is -2.36. The molecule has 22 heavy (non-hydrogen) atoms. The summed E-state index contributed by atoms with van der Waals surface area (Å²) < 4.78 is 0. The molecular weight excluding hydrogens is 274 g/mol. The lowest BCUT2D eigenvalue weighted by Gasteiger charge is -2.19. The summed E-state index contributed by atoms with van der Waals surface area (Å²) in [7, 11) is 0. The molecule has 1 atom stereocenters. The molecule has 0 unspecified atom stereocenters. The highest BCUT2D eigenvalue weighted by atomic mass is 16.2. The Morgan fingerprint density at radius 2 is 2.00 bits per heavy atom. The van der Waals surface area contributed by atoms with Crippen molar-refractivity contribution >= 4 is 6.03 Å². The van der Waals surface area contributed by atoms with Crippen molar-refractivity contribution in [2.75, 3.05) is 0 Å². The first kappa shape index (κ1) is 14.6. The van der Waals surface area contributed by atoms with Crippen LogP contribution in [0.25, 0.3) is 0 Å². The number of urea groups is 1. The van der Waals surface area contributed by atoms with Gasteiger partial charge >= 0.3 is 6.03 Å². The molecule has 114 valence electrons. The summed E-state index contributed by atoms with van der Waals surface area (Å²) in [6.07, 6.45) is 6.15. The number of aromatic nitrogens is 1. The normalized spacial score (nSPS) is 17.2. The van der Waals surface area contributed by atoms with Gasteiger partial charge in [-0.2, -0.15) is 0 Å². The standard InChI is InChI=1S/C18H21N3O/c22-18(20-13-15-9-5-6-12-19-15)21-17-11-4-2-8-14-7-1-3-10-16(14)17/h1,3,5-7,9-10,12,17H,2,4,8,11,13H2,(H2,20,21,22)/t17-/m0/s1. The van der Waals surface area contributed by atoms with Crippen LogP contribution >= 0.6 is 0 Å². The molecule has 0 aliphatic heterocycles. The summed E-state index contributed by atoms with van der Waals surface area (Å²) in [4.78, 5) is 16.4. The Balaban J connectivity index is 1.61. The quantitative estimate of drug-likeness (QED) is 0.853. The van der Waals surface area contributed by atoms with Gasteiger partial charge < -0.3 is 10.6 Å². The number of carbonyl (C=O) groups excluding carboxylic acids is 1. The highest BCUT2D eigenvalue weighted by Crippen LogP contribution is 2.28. The molecule has 0 saturated carbocycles. The Kier molecular flexibility index (Phi) is 4.68. The summed E-state index contributed by atoms with van der Waals surface area (Å²) in [6.45, 7) is 0.445. The third-order valence-electron chi connectivity index (χ3n) is 4.08. The lowest BCUT2D eigenvalue weighted by Crippen LogP contribution is -2.37. The predicted molar refractivity (Wildman–Crippen MR) is 86.3 cm³/mol. The van der Waals surface area contributed by atoms with Crippen LogP contribution < -0.4 is 10.6 Å². The fourth-order valence-electron chi connectivity index (χ4n) is 2.95. The maximum atomic E-state index is 12.2. The summed E-state index contributed by atoms with van der Waals surface area (Å²) in [5.74, 6) is 0. The van der Waals surface area contributed by atoms with Gasteiger partial charge in [0.15, 0.2) is 0 Å². The van der Waals surface area contributed by atoms with Crippen molar-refractivity contribution in [2.45, 2.75) is 38.3 Å². The molecule has 0 spiro atoms. The Labute approximate surface area is 131 Å². The third-order valence-corrected chi connectivity index (χ3v) is 4.08. The number of carbonyl (C=O) groups is 1. The van der Waals surface area contributed by atoms with Crippen LogP contribution in [0.2, 0.25) is 0 Å². The van der Waals surface area contributed by atoms with Gasteiger partial charge in [0.2, 0.25) is 0 Å². The number of pyridine rings is 1. The second-order valence-electron chi connectivity index (χ2n) is 5.65. The average molecular weight is 295 g/mol. The molecule has 2 N–H and O–H groups in total. The molecule has 0 radical (unpaired) electrons. The van der Waals surface area contributed by atoms with E-state index in [4.69, 9.17) is 0 Å². The summed E-state index contributed by atoms with van der Waals surface area (Å²) in [5, 5.41) is 5.99. The number of amides is 2. The number of hydrogen-bond donors (Lipinski definition) is 2. The number of aryl methyl sites for hydroxylation is 1. The number of fused-ring (bicyclic) bond motifs is 1. The number of rotatable bonds is 3. The van der Waals surface area contributed by atoms with Crippen LogP contribution in [0, 0.1) is 0 Å². The molecule has 2 amide bonds. The van der Waals surface area contributed by atoms with Crippen molar-refractivity contribution < 1.29 is 4.79 Å². The van der Waals surface area contributed by atoms with E-state index in [2.05, 4.69) is 33.8 Å². The molecule has 1 heterocycles. The second kappa shape index (κ2) is 7.07. The van der Waals surface area contributed by atoms with E-state index in [1.165, 1.54) is 17.5 Å². The van der Waals surface area contributed by atoms with Crippen molar-refractivity contribution in [1.82, 2.24) is 15.6 Å². The summed E-state index contributed by atoms with van der Waals surface area (Å²) in [6, 6.07) is 14.1. The van der Waals surface area contributed by atoms with Crippen molar-refractivity contribution in [2.24, 2.45) is 0 Å². The van der Waals surface area contributed by atoms with Gasteiger partial charge in [-0.25, -0.2) is 4.79 Å². The maximum absolute atomic E-state index is 12.2. The van der Waals surface area contributed by atoms with Gasteiger partial charge in [-0.05, 0) is 42.5 Å². The molecule has 4 heteroatoms. The van der Waals surface area contributed by atoms with Crippen LogP contribution in [0.15, 0.2) is 48.7 Å². The van der Waals surface area contributed by atoms with E-state index in [0.717, 1.165) is 25.0 Å². The number of nitrogens with zero attached hydrogens (tertiary/aromatic N) is 1. The Bertz CT molecular complexity index is 627. The SMILES string of the molecule is O=C(NCc1ccccn1)N[C@H]1CCCCc2ccccc21. The minimum absolute atomic E-state index is 0.0995. The largest absolute Gasteiger partial charge is 0.332 e. The first-order chi connectivity index (χ1) is 10.8. The molecule has 0 saturated heterocycles. The molecule has 1 aromatic heterocycles. The van der Waals surface area contributed by atoms with E-state index in [0.29, 0.717) is 6.54 Å².